The molecule has 3 aromatic carbocycles. The first-order valence-electron chi connectivity index (χ1n) is 9.11. The first-order chi connectivity index (χ1) is 14.3. The van der Waals surface area contributed by atoms with Crippen molar-refractivity contribution in [2.45, 2.75) is 4.90 Å². The zero-order valence-electron chi connectivity index (χ0n) is 16.3. The van der Waals surface area contributed by atoms with E-state index >= 15 is 0 Å². The minimum atomic E-state index is -3.78. The number of H-pyrrole nitrogens is 2. The number of para-hydroxylation sites is 1. The van der Waals surface area contributed by atoms with E-state index in [4.69, 9.17) is 4.74 Å². The zero-order chi connectivity index (χ0) is 21.3. The van der Waals surface area contributed by atoms with Crippen LogP contribution >= 0.6 is 0 Å². The molecule has 0 aliphatic heterocycles. The Balaban J connectivity index is 1.60. The minimum absolute atomic E-state index is 0.162. The smallest absolute Gasteiger partial charge is 0.323 e. The van der Waals surface area contributed by atoms with Crippen molar-refractivity contribution < 1.29 is 13.2 Å². The van der Waals surface area contributed by atoms with Crippen LogP contribution in [0.25, 0.3) is 11.0 Å². The first kappa shape index (κ1) is 19.6. The van der Waals surface area contributed by atoms with Crippen molar-refractivity contribution in [3.05, 3.63) is 77.2 Å². The van der Waals surface area contributed by atoms with Gasteiger partial charge in [-0.05, 0) is 42.5 Å². The third-order valence-corrected chi connectivity index (χ3v) is 5.85. The lowest BCUT2D eigenvalue weighted by atomic mass is 10.3. The highest BCUT2D eigenvalue weighted by Gasteiger charge is 2.16. The van der Waals surface area contributed by atoms with Crippen LogP contribution in [-0.4, -0.2) is 32.5 Å². The highest BCUT2D eigenvalue weighted by atomic mass is 32.2. The number of imidazole rings is 1. The summed E-state index contributed by atoms with van der Waals surface area (Å²) in [5.74, 6) is 0.872. The van der Waals surface area contributed by atoms with Crippen LogP contribution in [0, 0.1) is 0 Å². The van der Waals surface area contributed by atoms with Crippen molar-refractivity contribution >= 4 is 32.4 Å². The van der Waals surface area contributed by atoms with Gasteiger partial charge in [0, 0.05) is 25.8 Å². The molecule has 154 valence electrons. The maximum Gasteiger partial charge on any atom is 0.323 e. The predicted octanol–water partition coefficient (Wildman–Crippen LogP) is 3.52. The molecule has 0 saturated carbocycles. The molecule has 4 aromatic rings. The zero-order valence-corrected chi connectivity index (χ0v) is 17.2. The average Bonchev–Trinajstić information content (AvgIpc) is 3.09. The van der Waals surface area contributed by atoms with Crippen LogP contribution in [0.2, 0.25) is 0 Å². The summed E-state index contributed by atoms with van der Waals surface area (Å²) in [7, 11) is -0.0840. The van der Waals surface area contributed by atoms with E-state index in [1.807, 2.05) is 25.1 Å². The molecule has 1 aromatic heterocycles. The minimum Gasteiger partial charge on any atom is -0.455 e. The molecule has 30 heavy (non-hydrogen) atoms. The van der Waals surface area contributed by atoms with E-state index in [0.29, 0.717) is 28.2 Å². The number of fused-ring (bicyclic) bond motifs is 1. The molecule has 0 fully saturated rings. The largest absolute Gasteiger partial charge is 0.455 e. The molecule has 0 atom stereocenters. The van der Waals surface area contributed by atoms with Crippen molar-refractivity contribution in [3.8, 4) is 11.5 Å². The Kier molecular flexibility index (Phi) is 4.96. The summed E-state index contributed by atoms with van der Waals surface area (Å²) in [5.41, 5.74) is 1.97. The van der Waals surface area contributed by atoms with Crippen LogP contribution in [0.15, 0.2) is 76.4 Å². The molecule has 8 nitrogen and oxygen atoms in total. The van der Waals surface area contributed by atoms with Crippen LogP contribution in [0.3, 0.4) is 0 Å². The van der Waals surface area contributed by atoms with Crippen molar-refractivity contribution in [1.82, 2.24) is 9.97 Å². The quantitative estimate of drug-likeness (QED) is 0.439. The lowest BCUT2D eigenvalue weighted by Crippen LogP contribution is -2.14. The van der Waals surface area contributed by atoms with Crippen LogP contribution in [-0.2, 0) is 10.0 Å². The third-order valence-electron chi connectivity index (χ3n) is 4.47. The lowest BCUT2D eigenvalue weighted by Gasteiger charge is -2.15. The second-order valence-electron chi connectivity index (χ2n) is 6.89. The van der Waals surface area contributed by atoms with Gasteiger partial charge in [-0.1, -0.05) is 18.2 Å². The summed E-state index contributed by atoms with van der Waals surface area (Å²) >= 11 is 0. The van der Waals surface area contributed by atoms with E-state index in [2.05, 4.69) is 14.7 Å². The number of nitrogens with zero attached hydrogens (tertiary/aromatic N) is 1. The fourth-order valence-corrected chi connectivity index (χ4v) is 4.10. The lowest BCUT2D eigenvalue weighted by molar-refractivity contribution is 0.487. The van der Waals surface area contributed by atoms with Gasteiger partial charge in [-0.25, -0.2) is 13.2 Å². The highest BCUT2D eigenvalue weighted by molar-refractivity contribution is 7.92. The fourth-order valence-electron chi connectivity index (χ4n) is 3.01. The number of hydrogen-bond donors (Lipinski definition) is 3. The Bertz CT molecular complexity index is 1370. The normalized spacial score (nSPS) is 11.4. The molecule has 9 heteroatoms. The van der Waals surface area contributed by atoms with Crippen LogP contribution in [0.1, 0.15) is 0 Å². The molecule has 0 radical (unpaired) electrons. The van der Waals surface area contributed by atoms with E-state index in [9.17, 15) is 13.2 Å². The van der Waals surface area contributed by atoms with Gasteiger partial charge in [0.1, 0.15) is 11.3 Å². The van der Waals surface area contributed by atoms with Gasteiger partial charge in [-0.2, -0.15) is 0 Å². The van der Waals surface area contributed by atoms with Crippen molar-refractivity contribution in [3.63, 3.8) is 0 Å². The van der Waals surface area contributed by atoms with Crippen LogP contribution in [0.5, 0.6) is 11.5 Å². The fraction of sp³-hybridized carbons (Fsp3) is 0.0952. The third kappa shape index (κ3) is 4.01. The molecular weight excluding hydrogens is 404 g/mol. The van der Waals surface area contributed by atoms with E-state index in [1.165, 1.54) is 0 Å². The first-order valence-corrected chi connectivity index (χ1v) is 10.6. The van der Waals surface area contributed by atoms with Crippen molar-refractivity contribution in [2.75, 3.05) is 23.7 Å². The van der Waals surface area contributed by atoms with Gasteiger partial charge in [0.25, 0.3) is 10.0 Å². The summed E-state index contributed by atoms with van der Waals surface area (Å²) in [6, 6.07) is 18.5. The topological polar surface area (TPSA) is 107 Å². The molecule has 3 N–H and O–H groups in total. The molecular formula is C21H20N4O4S. The van der Waals surface area contributed by atoms with E-state index in [0.717, 1.165) is 5.69 Å². The second-order valence-corrected chi connectivity index (χ2v) is 8.57. The molecule has 0 bridgehead atoms. The van der Waals surface area contributed by atoms with Crippen LogP contribution < -0.4 is 20.0 Å². The van der Waals surface area contributed by atoms with E-state index < -0.39 is 10.0 Å². The standard InChI is InChI=1S/C21H20N4O4S/c1-25(2)15-7-4-9-17(13-15)30(27,28)24-14-6-3-8-16(12-14)29-19-11-5-10-18-20(19)23-21(26)22-18/h3-13,24H,1-2H3,(H2,22,23,26). The molecule has 0 saturated heterocycles. The molecule has 0 unspecified atom stereocenters. The molecule has 0 aliphatic carbocycles. The summed E-state index contributed by atoms with van der Waals surface area (Å²) in [6.07, 6.45) is 0. The SMILES string of the molecule is CN(C)c1cccc(S(=O)(=O)Nc2cccc(Oc3cccc4[nH]c(=O)[nH]c34)c2)c1. The summed E-state index contributed by atoms with van der Waals surface area (Å²) in [6.45, 7) is 0. The van der Waals surface area contributed by atoms with Crippen LogP contribution in [0.4, 0.5) is 11.4 Å². The maximum absolute atomic E-state index is 12.8. The van der Waals surface area contributed by atoms with Gasteiger partial charge in [-0.15, -0.1) is 0 Å². The van der Waals surface area contributed by atoms with Crippen molar-refractivity contribution in [2.24, 2.45) is 0 Å². The number of rotatable bonds is 6. The average molecular weight is 424 g/mol. The Morgan fingerprint density at radius 3 is 2.50 bits per heavy atom. The Hall–Kier alpha value is -3.72. The van der Waals surface area contributed by atoms with Gasteiger partial charge >= 0.3 is 5.69 Å². The molecule has 0 aliphatic rings. The number of hydrogen-bond acceptors (Lipinski definition) is 5. The highest BCUT2D eigenvalue weighted by Crippen LogP contribution is 2.29. The van der Waals surface area contributed by atoms with E-state index in [1.54, 1.807) is 60.7 Å². The second kappa shape index (κ2) is 7.60. The molecule has 0 amide bonds. The number of aromatic amines is 2. The Labute approximate surface area is 173 Å². The number of aromatic nitrogens is 2. The van der Waals surface area contributed by atoms with E-state index in [-0.39, 0.29) is 10.6 Å². The predicted molar refractivity (Wildman–Crippen MR) is 117 cm³/mol. The van der Waals surface area contributed by atoms with Gasteiger partial charge in [-0.3, -0.25) is 4.72 Å². The summed E-state index contributed by atoms with van der Waals surface area (Å²) in [5, 5.41) is 0. The molecule has 1 heterocycles. The number of nitrogens with one attached hydrogen (secondary N) is 3. The molecule has 4 rings (SSSR count). The summed E-state index contributed by atoms with van der Waals surface area (Å²) in [4.78, 5) is 18.9. The number of ether oxygens (including phenoxy) is 1. The van der Waals surface area contributed by atoms with Gasteiger partial charge < -0.3 is 19.6 Å². The maximum atomic E-state index is 12.8. The van der Waals surface area contributed by atoms with Gasteiger partial charge in [0.15, 0.2) is 5.75 Å². The van der Waals surface area contributed by atoms with Crippen molar-refractivity contribution in [1.29, 1.82) is 0 Å². The number of sulfonamides is 1. The Morgan fingerprint density at radius 2 is 1.70 bits per heavy atom. The Morgan fingerprint density at radius 1 is 0.933 bits per heavy atom. The van der Waals surface area contributed by atoms with Gasteiger partial charge in [0.2, 0.25) is 0 Å². The van der Waals surface area contributed by atoms with Gasteiger partial charge in [0.05, 0.1) is 16.1 Å². The molecule has 0 spiro atoms. The monoisotopic (exact) mass is 424 g/mol. The summed E-state index contributed by atoms with van der Waals surface area (Å²) < 4.78 is 34.1. The number of benzene rings is 3. The number of anilines is 2.